The molecule has 0 atom stereocenters. The molecule has 13 heteroatoms. The Morgan fingerprint density at radius 1 is 1.17 bits per heavy atom. The minimum Gasteiger partial charge on any atom is -0.444 e. The summed E-state index contributed by atoms with van der Waals surface area (Å²) in [5, 5.41) is 9.72. The zero-order chi connectivity index (χ0) is 29.9. The summed E-state index contributed by atoms with van der Waals surface area (Å²) in [5.74, 6) is 0.376. The molecular formula is C29H30ClN7O4S. The van der Waals surface area contributed by atoms with Gasteiger partial charge in [-0.1, -0.05) is 29.0 Å². The maximum absolute atomic E-state index is 13.7. The van der Waals surface area contributed by atoms with E-state index in [2.05, 4.69) is 10.3 Å². The number of nitrogens with one attached hydrogen (secondary N) is 1. The van der Waals surface area contributed by atoms with Crippen molar-refractivity contribution in [2.24, 2.45) is 13.0 Å². The van der Waals surface area contributed by atoms with Gasteiger partial charge in [0.2, 0.25) is 0 Å². The number of aromatic nitrogens is 6. The van der Waals surface area contributed by atoms with Crippen LogP contribution in [0.4, 0.5) is 9.93 Å². The molecule has 0 radical (unpaired) electrons. The van der Waals surface area contributed by atoms with Gasteiger partial charge in [-0.3, -0.25) is 28.9 Å². The third kappa shape index (κ3) is 5.43. The molecule has 0 bridgehead atoms. The van der Waals surface area contributed by atoms with Gasteiger partial charge in [0.15, 0.2) is 10.8 Å². The first-order valence-corrected chi connectivity index (χ1v) is 14.8. The van der Waals surface area contributed by atoms with Crippen LogP contribution in [-0.4, -0.2) is 40.6 Å². The molecule has 5 aromatic rings. The number of anilines is 1. The predicted molar refractivity (Wildman–Crippen MR) is 164 cm³/mol. The van der Waals surface area contributed by atoms with Crippen molar-refractivity contribution < 1.29 is 9.53 Å². The lowest BCUT2D eigenvalue weighted by atomic mass is 10.2. The van der Waals surface area contributed by atoms with Crippen LogP contribution in [0.25, 0.3) is 32.5 Å². The largest absolute Gasteiger partial charge is 0.444 e. The third-order valence-electron chi connectivity index (χ3n) is 7.00. The Morgan fingerprint density at radius 2 is 1.93 bits per heavy atom. The van der Waals surface area contributed by atoms with E-state index in [-0.39, 0.29) is 6.54 Å². The monoisotopic (exact) mass is 607 g/mol. The van der Waals surface area contributed by atoms with Gasteiger partial charge in [-0.15, -0.1) is 0 Å². The highest BCUT2D eigenvalue weighted by Gasteiger charge is 2.29. The van der Waals surface area contributed by atoms with Crippen LogP contribution in [0, 0.1) is 12.8 Å². The van der Waals surface area contributed by atoms with E-state index < -0.39 is 22.9 Å². The molecule has 1 aliphatic rings. The van der Waals surface area contributed by atoms with E-state index in [0.717, 1.165) is 28.3 Å². The number of amides is 1. The standard InChI is InChI=1S/C29H30ClN7O4S/c1-15-23(42-26(31-15)33-27(39)41-29(2,3)4)22-21-24(36(13-16-6-7-16)28(40)35(5)25(21)38)34-37(22)14-19-10-8-17-12-18(30)9-11-20(17)32-19/h8-12,16H,6-7,13-14H2,1-5H3,(H,31,33,39). The van der Waals surface area contributed by atoms with Crippen LogP contribution in [0.5, 0.6) is 0 Å². The Bertz CT molecular complexity index is 2000. The average Bonchev–Trinajstić information content (AvgIpc) is 3.56. The number of hydrogen-bond donors (Lipinski definition) is 1. The highest BCUT2D eigenvalue weighted by atomic mass is 35.5. The van der Waals surface area contributed by atoms with E-state index in [4.69, 9.17) is 26.4 Å². The summed E-state index contributed by atoms with van der Waals surface area (Å²) in [7, 11) is 1.49. The second-order valence-corrected chi connectivity index (χ2v) is 13.0. The number of fused-ring (bicyclic) bond motifs is 2. The van der Waals surface area contributed by atoms with Crippen molar-refractivity contribution >= 4 is 56.1 Å². The summed E-state index contributed by atoms with van der Waals surface area (Å²) in [6.45, 7) is 7.86. The fourth-order valence-corrected chi connectivity index (χ4v) is 6.06. The summed E-state index contributed by atoms with van der Waals surface area (Å²) >= 11 is 7.37. The minimum atomic E-state index is -0.677. The van der Waals surface area contributed by atoms with E-state index >= 15 is 0 Å². The topological polar surface area (TPSA) is 126 Å². The number of rotatable bonds is 6. The second kappa shape index (κ2) is 10.4. The molecule has 1 N–H and O–H groups in total. The molecule has 1 aromatic carbocycles. The molecule has 0 saturated heterocycles. The van der Waals surface area contributed by atoms with Crippen molar-refractivity contribution in [3.05, 3.63) is 67.6 Å². The van der Waals surface area contributed by atoms with Gasteiger partial charge in [-0.25, -0.2) is 14.6 Å². The van der Waals surface area contributed by atoms with E-state index in [1.807, 2.05) is 24.3 Å². The van der Waals surface area contributed by atoms with Gasteiger partial charge in [0.05, 0.1) is 34.0 Å². The molecule has 6 rings (SSSR count). The number of aryl methyl sites for hydroxylation is 1. The van der Waals surface area contributed by atoms with Crippen molar-refractivity contribution in [2.75, 3.05) is 5.32 Å². The molecule has 0 unspecified atom stereocenters. The van der Waals surface area contributed by atoms with Crippen LogP contribution in [0.2, 0.25) is 5.02 Å². The number of benzene rings is 1. The number of hydrogen-bond acceptors (Lipinski definition) is 8. The summed E-state index contributed by atoms with van der Waals surface area (Å²) in [6.07, 6.45) is 1.43. The lowest BCUT2D eigenvalue weighted by molar-refractivity contribution is 0.0636. The van der Waals surface area contributed by atoms with Crippen molar-refractivity contribution in [2.45, 2.75) is 59.2 Å². The Labute approximate surface area is 249 Å². The highest BCUT2D eigenvalue weighted by molar-refractivity contribution is 7.19. The summed E-state index contributed by atoms with van der Waals surface area (Å²) < 4.78 is 9.83. The van der Waals surface area contributed by atoms with Gasteiger partial charge < -0.3 is 4.74 Å². The smallest absolute Gasteiger partial charge is 0.413 e. The van der Waals surface area contributed by atoms with Gasteiger partial charge in [-0.2, -0.15) is 5.10 Å². The van der Waals surface area contributed by atoms with Gasteiger partial charge in [0.1, 0.15) is 11.0 Å². The number of halogens is 1. The van der Waals surface area contributed by atoms with Gasteiger partial charge in [-0.05, 0) is 70.7 Å². The zero-order valence-electron chi connectivity index (χ0n) is 23.9. The molecule has 42 heavy (non-hydrogen) atoms. The third-order valence-corrected chi connectivity index (χ3v) is 8.32. The normalized spacial score (nSPS) is 13.7. The first-order valence-electron chi connectivity index (χ1n) is 13.6. The van der Waals surface area contributed by atoms with Crippen LogP contribution >= 0.6 is 22.9 Å². The lowest BCUT2D eigenvalue weighted by Gasteiger charge is -2.18. The molecule has 218 valence electrons. The summed E-state index contributed by atoms with van der Waals surface area (Å²) in [5.41, 5.74) is 1.40. The van der Waals surface area contributed by atoms with Gasteiger partial charge >= 0.3 is 11.8 Å². The molecule has 1 aliphatic carbocycles. The predicted octanol–water partition coefficient (Wildman–Crippen LogP) is 5.34. The molecule has 0 spiro atoms. The first kappa shape index (κ1) is 28.1. The van der Waals surface area contributed by atoms with Crippen molar-refractivity contribution in [3.63, 3.8) is 0 Å². The maximum atomic E-state index is 13.7. The van der Waals surface area contributed by atoms with Gasteiger partial charge in [0.25, 0.3) is 5.56 Å². The molecule has 0 aliphatic heterocycles. The van der Waals surface area contributed by atoms with Crippen LogP contribution in [-0.2, 0) is 24.9 Å². The summed E-state index contributed by atoms with van der Waals surface area (Å²) in [6, 6.07) is 9.32. The van der Waals surface area contributed by atoms with Gasteiger partial charge in [0, 0.05) is 24.0 Å². The van der Waals surface area contributed by atoms with Crippen molar-refractivity contribution in [1.82, 2.24) is 28.9 Å². The van der Waals surface area contributed by atoms with Crippen molar-refractivity contribution in [1.29, 1.82) is 0 Å². The fourth-order valence-electron chi connectivity index (χ4n) is 4.87. The number of carbonyl (C=O) groups is 1. The summed E-state index contributed by atoms with van der Waals surface area (Å²) in [4.78, 5) is 49.4. The number of ether oxygens (including phenoxy) is 1. The molecule has 1 amide bonds. The number of thiazole rings is 1. The Morgan fingerprint density at radius 3 is 2.64 bits per heavy atom. The number of carbonyl (C=O) groups excluding carboxylic acids is 1. The van der Waals surface area contributed by atoms with E-state index in [9.17, 15) is 14.4 Å². The van der Waals surface area contributed by atoms with Crippen LogP contribution in [0.3, 0.4) is 0 Å². The molecular weight excluding hydrogens is 578 g/mol. The van der Waals surface area contributed by atoms with Crippen molar-refractivity contribution in [3.8, 4) is 10.6 Å². The molecule has 1 fully saturated rings. The molecule has 4 heterocycles. The average molecular weight is 608 g/mol. The number of pyridine rings is 1. The second-order valence-electron chi connectivity index (χ2n) is 11.6. The Kier molecular flexibility index (Phi) is 6.93. The fraction of sp³-hybridized carbons (Fsp3) is 0.379. The van der Waals surface area contributed by atoms with E-state index in [0.29, 0.717) is 55.6 Å². The van der Waals surface area contributed by atoms with Crippen LogP contribution < -0.4 is 16.6 Å². The Balaban J connectivity index is 1.52. The maximum Gasteiger partial charge on any atom is 0.413 e. The first-order chi connectivity index (χ1) is 19.9. The molecule has 11 nitrogen and oxygen atoms in total. The zero-order valence-corrected chi connectivity index (χ0v) is 25.5. The highest BCUT2D eigenvalue weighted by Crippen LogP contribution is 2.37. The van der Waals surface area contributed by atoms with Crippen LogP contribution in [0.1, 0.15) is 45.0 Å². The lowest BCUT2D eigenvalue weighted by Crippen LogP contribution is -2.38. The van der Waals surface area contributed by atoms with E-state index in [1.165, 1.54) is 18.4 Å². The van der Waals surface area contributed by atoms with Crippen LogP contribution in [0.15, 0.2) is 39.9 Å². The SMILES string of the molecule is Cc1nc(NC(=O)OC(C)(C)C)sc1-c1c2c(=O)n(C)c(=O)n(CC3CC3)c2nn1Cc1ccc2cc(Cl)ccc2n1. The Hall–Kier alpha value is -4.03. The number of nitrogens with zero attached hydrogens (tertiary/aromatic N) is 6. The molecule has 1 saturated carbocycles. The minimum absolute atomic E-state index is 0.232. The molecule has 4 aromatic heterocycles. The van der Waals surface area contributed by atoms with E-state index in [1.54, 1.807) is 43.0 Å². The quantitative estimate of drug-likeness (QED) is 0.276.